The molecule has 0 amide bonds. The van der Waals surface area contributed by atoms with Crippen molar-refractivity contribution >= 4 is 5.97 Å². The monoisotopic (exact) mass is 298 g/mol. The molecule has 21 heavy (non-hydrogen) atoms. The van der Waals surface area contributed by atoms with E-state index in [2.05, 4.69) is 17.1 Å². The molecule has 3 atom stereocenters. The first kappa shape index (κ1) is 16.7. The Morgan fingerprint density at radius 3 is 2.90 bits per heavy atom. The second-order valence-corrected chi connectivity index (χ2v) is 6.35. The van der Waals surface area contributed by atoms with Gasteiger partial charge in [0.2, 0.25) is 0 Å². The largest absolute Gasteiger partial charge is 0.468 e. The zero-order chi connectivity index (χ0) is 15.3. The van der Waals surface area contributed by atoms with Gasteiger partial charge in [-0.25, -0.2) is 0 Å². The second kappa shape index (κ2) is 7.56. The number of likely N-dealkylation sites (N-methyl/N-ethyl adjacent to an activating group) is 1. The molecular formula is C16H30N2O3. The van der Waals surface area contributed by atoms with Crippen LogP contribution in [0.4, 0.5) is 0 Å². The Kier molecular flexibility index (Phi) is 6.02. The molecule has 122 valence electrons. The maximum absolute atomic E-state index is 12.1. The molecule has 1 N–H and O–H groups in total. The van der Waals surface area contributed by atoms with E-state index in [0.29, 0.717) is 12.1 Å². The molecule has 1 aliphatic heterocycles. The highest BCUT2D eigenvalue weighted by molar-refractivity contribution is 5.81. The number of carbonyl (C=O) groups excluding carboxylic acids is 1. The van der Waals surface area contributed by atoms with E-state index in [4.69, 9.17) is 9.47 Å². The van der Waals surface area contributed by atoms with E-state index in [1.165, 1.54) is 13.5 Å². The van der Waals surface area contributed by atoms with Crippen LogP contribution in [0, 0.1) is 0 Å². The molecule has 2 aliphatic rings. The Balaban J connectivity index is 1.92. The van der Waals surface area contributed by atoms with Gasteiger partial charge in [0.1, 0.15) is 5.54 Å². The summed E-state index contributed by atoms with van der Waals surface area (Å²) < 4.78 is 10.9. The number of ether oxygens (including phenoxy) is 2. The predicted octanol–water partition coefficient (Wildman–Crippen LogP) is 1.56. The number of carbonyl (C=O) groups is 1. The SMILES string of the molecule is CCCOC1CCCN(C2CCC(NC)(C(=O)OC)C2)C1. The molecule has 0 spiro atoms. The first-order valence-corrected chi connectivity index (χ1v) is 8.28. The minimum absolute atomic E-state index is 0.122. The van der Waals surface area contributed by atoms with Crippen molar-refractivity contribution in [1.82, 2.24) is 10.2 Å². The number of hydrogen-bond donors (Lipinski definition) is 1. The van der Waals surface area contributed by atoms with Crippen LogP contribution in [0.15, 0.2) is 0 Å². The lowest BCUT2D eigenvalue weighted by Gasteiger charge is -2.37. The average molecular weight is 298 g/mol. The summed E-state index contributed by atoms with van der Waals surface area (Å²) in [4.78, 5) is 14.6. The normalized spacial score (nSPS) is 34.0. The molecule has 1 saturated carbocycles. The van der Waals surface area contributed by atoms with Crippen LogP contribution in [0.3, 0.4) is 0 Å². The summed E-state index contributed by atoms with van der Waals surface area (Å²) in [5, 5.41) is 3.21. The summed E-state index contributed by atoms with van der Waals surface area (Å²) in [6, 6.07) is 0.463. The van der Waals surface area contributed by atoms with Gasteiger partial charge < -0.3 is 14.8 Å². The number of methoxy groups -OCH3 is 1. The van der Waals surface area contributed by atoms with E-state index in [-0.39, 0.29) is 5.97 Å². The zero-order valence-electron chi connectivity index (χ0n) is 13.7. The highest BCUT2D eigenvalue weighted by Crippen LogP contribution is 2.35. The molecule has 1 heterocycles. The molecular weight excluding hydrogens is 268 g/mol. The zero-order valence-corrected chi connectivity index (χ0v) is 13.7. The van der Waals surface area contributed by atoms with Gasteiger partial charge in [0.05, 0.1) is 13.2 Å². The van der Waals surface area contributed by atoms with Gasteiger partial charge in [0.25, 0.3) is 0 Å². The van der Waals surface area contributed by atoms with Crippen LogP contribution in [0.25, 0.3) is 0 Å². The lowest BCUT2D eigenvalue weighted by atomic mass is 9.97. The van der Waals surface area contributed by atoms with Crippen molar-refractivity contribution in [2.45, 2.75) is 63.1 Å². The average Bonchev–Trinajstić information content (AvgIpc) is 2.98. The van der Waals surface area contributed by atoms with Crippen LogP contribution in [0.5, 0.6) is 0 Å². The molecule has 5 nitrogen and oxygen atoms in total. The van der Waals surface area contributed by atoms with E-state index in [1.807, 2.05) is 7.05 Å². The van der Waals surface area contributed by atoms with Gasteiger partial charge in [-0.15, -0.1) is 0 Å². The van der Waals surface area contributed by atoms with E-state index >= 15 is 0 Å². The minimum atomic E-state index is -0.489. The molecule has 0 aromatic carbocycles. The van der Waals surface area contributed by atoms with E-state index in [0.717, 1.165) is 51.8 Å². The predicted molar refractivity (Wildman–Crippen MR) is 82.3 cm³/mol. The molecule has 0 bridgehead atoms. The Morgan fingerprint density at radius 2 is 2.24 bits per heavy atom. The number of piperidine rings is 1. The Labute approximate surface area is 128 Å². The molecule has 2 rings (SSSR count). The molecule has 1 aliphatic carbocycles. The van der Waals surface area contributed by atoms with Gasteiger partial charge in [-0.3, -0.25) is 9.69 Å². The maximum Gasteiger partial charge on any atom is 0.326 e. The maximum atomic E-state index is 12.1. The number of hydrogen-bond acceptors (Lipinski definition) is 5. The third-order valence-electron chi connectivity index (χ3n) is 5.03. The summed E-state index contributed by atoms with van der Waals surface area (Å²) in [7, 11) is 3.34. The molecule has 0 aromatic heterocycles. The summed E-state index contributed by atoms with van der Waals surface area (Å²) >= 11 is 0. The van der Waals surface area contributed by atoms with Crippen LogP contribution in [-0.2, 0) is 14.3 Å². The fourth-order valence-electron chi connectivity index (χ4n) is 3.76. The summed E-state index contributed by atoms with van der Waals surface area (Å²) in [5.74, 6) is -0.122. The van der Waals surface area contributed by atoms with Gasteiger partial charge in [0, 0.05) is 19.2 Å². The van der Waals surface area contributed by atoms with Gasteiger partial charge >= 0.3 is 5.97 Å². The second-order valence-electron chi connectivity index (χ2n) is 6.35. The van der Waals surface area contributed by atoms with Crippen LogP contribution in [0.1, 0.15) is 45.4 Å². The smallest absolute Gasteiger partial charge is 0.326 e. The molecule has 3 unspecified atom stereocenters. The van der Waals surface area contributed by atoms with Gasteiger partial charge in [-0.05, 0) is 52.1 Å². The first-order chi connectivity index (χ1) is 10.1. The van der Waals surface area contributed by atoms with Crippen LogP contribution < -0.4 is 5.32 Å². The van der Waals surface area contributed by atoms with E-state index in [9.17, 15) is 4.79 Å². The number of nitrogens with one attached hydrogen (secondary N) is 1. The summed E-state index contributed by atoms with van der Waals surface area (Å²) in [5.41, 5.74) is -0.489. The standard InChI is InChI=1S/C16H30N2O3/c1-4-10-21-14-6-5-9-18(12-14)13-7-8-16(11-13,17-2)15(19)20-3/h13-14,17H,4-12H2,1-3H3. The molecule has 0 aromatic rings. The Morgan fingerprint density at radius 1 is 1.43 bits per heavy atom. The van der Waals surface area contributed by atoms with Crippen molar-refractivity contribution in [3.63, 3.8) is 0 Å². The lowest BCUT2D eigenvalue weighted by molar-refractivity contribution is -0.148. The fourth-order valence-corrected chi connectivity index (χ4v) is 3.76. The highest BCUT2D eigenvalue weighted by atomic mass is 16.5. The van der Waals surface area contributed by atoms with Crippen LogP contribution in [-0.4, -0.2) is 62.4 Å². The van der Waals surface area contributed by atoms with Crippen LogP contribution >= 0.6 is 0 Å². The highest BCUT2D eigenvalue weighted by Gasteiger charge is 2.47. The van der Waals surface area contributed by atoms with E-state index in [1.54, 1.807) is 0 Å². The quantitative estimate of drug-likeness (QED) is 0.754. The van der Waals surface area contributed by atoms with Crippen molar-refractivity contribution in [3.05, 3.63) is 0 Å². The molecule has 5 heteroatoms. The molecule has 1 saturated heterocycles. The van der Waals surface area contributed by atoms with Gasteiger partial charge in [-0.1, -0.05) is 6.92 Å². The number of likely N-dealkylation sites (tertiary alicyclic amines) is 1. The van der Waals surface area contributed by atoms with Crippen LogP contribution in [0.2, 0.25) is 0 Å². The summed E-state index contributed by atoms with van der Waals surface area (Å²) in [6.45, 7) is 5.13. The molecule has 2 fully saturated rings. The van der Waals surface area contributed by atoms with Crippen molar-refractivity contribution in [3.8, 4) is 0 Å². The lowest BCUT2D eigenvalue weighted by Crippen LogP contribution is -2.51. The Hall–Kier alpha value is -0.650. The number of rotatable bonds is 6. The van der Waals surface area contributed by atoms with Crippen molar-refractivity contribution < 1.29 is 14.3 Å². The van der Waals surface area contributed by atoms with Crippen molar-refractivity contribution in [2.75, 3.05) is 33.9 Å². The minimum Gasteiger partial charge on any atom is -0.468 e. The van der Waals surface area contributed by atoms with E-state index < -0.39 is 5.54 Å². The van der Waals surface area contributed by atoms with Crippen molar-refractivity contribution in [2.24, 2.45) is 0 Å². The summed E-state index contributed by atoms with van der Waals surface area (Å²) in [6.07, 6.45) is 6.55. The fraction of sp³-hybridized carbons (Fsp3) is 0.938. The topological polar surface area (TPSA) is 50.8 Å². The van der Waals surface area contributed by atoms with Gasteiger partial charge in [-0.2, -0.15) is 0 Å². The number of esters is 1. The Bertz CT molecular complexity index is 350. The third-order valence-corrected chi connectivity index (χ3v) is 5.03. The molecule has 0 radical (unpaired) electrons. The number of nitrogens with zero attached hydrogens (tertiary/aromatic N) is 1. The van der Waals surface area contributed by atoms with Crippen molar-refractivity contribution in [1.29, 1.82) is 0 Å². The first-order valence-electron chi connectivity index (χ1n) is 8.28. The third kappa shape index (κ3) is 3.76. The van der Waals surface area contributed by atoms with Gasteiger partial charge in [0.15, 0.2) is 0 Å².